The van der Waals surface area contributed by atoms with Crippen LogP contribution < -0.4 is 10.6 Å². The van der Waals surface area contributed by atoms with E-state index >= 15 is 0 Å². The number of benzene rings is 1. The van der Waals surface area contributed by atoms with Crippen LogP contribution in [0.2, 0.25) is 0 Å². The Labute approximate surface area is 343 Å². The molecule has 7 N–H and O–H groups in total. The van der Waals surface area contributed by atoms with Crippen LogP contribution in [0.5, 0.6) is 0 Å². The van der Waals surface area contributed by atoms with Crippen LogP contribution in [0.15, 0.2) is 42.0 Å². The molecule has 3 aliphatic carbocycles. The molecule has 2 saturated carbocycles. The Balaban J connectivity index is 1.05. The van der Waals surface area contributed by atoms with Crippen molar-refractivity contribution in [3.8, 4) is 0 Å². The molecular weight excluding hydrogens is 772 g/mol. The number of aliphatic hydroxyl groups excluding tert-OH is 5. The summed E-state index contributed by atoms with van der Waals surface area (Å²) in [6.07, 6.45) is -0.0764. The molecule has 2 aliphatic heterocycles. The summed E-state index contributed by atoms with van der Waals surface area (Å²) in [5.41, 5.74) is 0.550. The van der Waals surface area contributed by atoms with Gasteiger partial charge in [-0.1, -0.05) is 24.3 Å². The predicted molar refractivity (Wildman–Crippen MR) is 207 cm³/mol. The lowest BCUT2D eigenvalue weighted by Gasteiger charge is -2.39. The predicted octanol–water partition coefficient (Wildman–Crippen LogP) is 0.777. The maximum Gasteiger partial charge on any atom is 0.338 e. The van der Waals surface area contributed by atoms with Crippen molar-refractivity contribution in [3.05, 3.63) is 53.1 Å². The van der Waals surface area contributed by atoms with Crippen LogP contribution in [0.3, 0.4) is 0 Å². The maximum atomic E-state index is 13.7. The zero-order valence-corrected chi connectivity index (χ0v) is 33.7. The van der Waals surface area contributed by atoms with Gasteiger partial charge in [-0.15, -0.1) is 0 Å². The molecule has 0 unspecified atom stereocenters. The zero-order valence-electron chi connectivity index (χ0n) is 33.7. The molecule has 0 bridgehead atoms. The number of hydrogen-bond donors (Lipinski definition) is 7. The first-order valence-corrected chi connectivity index (χ1v) is 20.5. The molecule has 0 aromatic heterocycles. The number of fused-ring (bicyclic) bond motifs is 1. The van der Waals surface area contributed by atoms with Gasteiger partial charge in [-0.3, -0.25) is 14.4 Å². The number of carbonyl (C=O) groups excluding carboxylic acids is 4. The van der Waals surface area contributed by atoms with Gasteiger partial charge in [0.15, 0.2) is 12.1 Å². The Morgan fingerprint density at radius 3 is 2.37 bits per heavy atom. The van der Waals surface area contributed by atoms with Crippen molar-refractivity contribution in [2.75, 3.05) is 26.4 Å². The second kappa shape index (κ2) is 19.3. The SMILES string of the molecule is CC(C)(C)OC(=O)CC[C@@H](CO)NC(=O)CCNC(=O)C1=C[C@H]2OC(C3CC3)(C3CC3)O[C@H]2[C@H](OC(=O)c2cccc(C=CCO[C@H]3O[C@H](CO)[C@H](O)[C@H](O)[C@H]3O)c2)C1. The summed E-state index contributed by atoms with van der Waals surface area (Å²) in [6, 6.07) is 5.99. The number of amides is 2. The van der Waals surface area contributed by atoms with E-state index < -0.39 is 96.8 Å². The topological polar surface area (TPSA) is 249 Å². The minimum Gasteiger partial charge on any atom is -0.460 e. The zero-order chi connectivity index (χ0) is 42.5. The molecule has 2 saturated heterocycles. The Bertz CT molecular complexity index is 1700. The minimum absolute atomic E-state index is 0.00984. The fourth-order valence-corrected chi connectivity index (χ4v) is 7.68. The Morgan fingerprint density at radius 2 is 1.71 bits per heavy atom. The van der Waals surface area contributed by atoms with Crippen molar-refractivity contribution >= 4 is 29.8 Å². The Kier molecular flexibility index (Phi) is 14.6. The number of aliphatic hydroxyl groups is 5. The van der Waals surface area contributed by atoms with Crippen molar-refractivity contribution in [1.29, 1.82) is 0 Å². The molecule has 4 fully saturated rings. The van der Waals surface area contributed by atoms with Gasteiger partial charge in [0.1, 0.15) is 48.3 Å². The van der Waals surface area contributed by atoms with Gasteiger partial charge < -0.3 is 64.6 Å². The van der Waals surface area contributed by atoms with Gasteiger partial charge in [0.2, 0.25) is 11.8 Å². The van der Waals surface area contributed by atoms with Crippen molar-refractivity contribution in [2.24, 2.45) is 11.8 Å². The van der Waals surface area contributed by atoms with E-state index in [1.165, 1.54) is 0 Å². The van der Waals surface area contributed by atoms with Crippen LogP contribution in [-0.4, -0.2) is 142 Å². The molecule has 6 rings (SSSR count). The molecule has 5 aliphatic rings. The second-order valence-electron chi connectivity index (χ2n) is 16.9. The normalized spacial score (nSPS) is 29.6. The third-order valence-electron chi connectivity index (χ3n) is 10.9. The van der Waals surface area contributed by atoms with E-state index in [1.807, 2.05) is 0 Å². The molecule has 1 aromatic rings. The monoisotopic (exact) mass is 830 g/mol. The smallest absolute Gasteiger partial charge is 0.338 e. The van der Waals surface area contributed by atoms with Crippen molar-refractivity contribution in [3.63, 3.8) is 0 Å². The van der Waals surface area contributed by atoms with Crippen LogP contribution >= 0.6 is 0 Å². The quantitative estimate of drug-likeness (QED) is 0.101. The van der Waals surface area contributed by atoms with E-state index in [0.717, 1.165) is 25.7 Å². The molecule has 59 heavy (non-hydrogen) atoms. The van der Waals surface area contributed by atoms with Gasteiger partial charge in [-0.25, -0.2) is 4.79 Å². The number of carbonyl (C=O) groups is 4. The van der Waals surface area contributed by atoms with Gasteiger partial charge >= 0.3 is 11.9 Å². The number of esters is 2. The minimum atomic E-state index is -1.56. The van der Waals surface area contributed by atoms with Crippen molar-refractivity contribution in [1.82, 2.24) is 10.6 Å². The molecule has 0 radical (unpaired) electrons. The van der Waals surface area contributed by atoms with E-state index in [4.69, 9.17) is 28.4 Å². The van der Waals surface area contributed by atoms with Gasteiger partial charge in [-0.05, 0) is 76.6 Å². The number of rotatable bonds is 18. The lowest BCUT2D eigenvalue weighted by atomic mass is 9.91. The van der Waals surface area contributed by atoms with Gasteiger partial charge in [0.25, 0.3) is 0 Å². The standard InChI is InChI=1S/C42H58N2O15/c1-41(2,3)58-33(48)14-13-28(21-45)44-32(47)15-16-43-38(52)25-19-29(37-30(20-25)57-42(59-37,26-9-10-26)27-11-12-27)55-39(53)24-8-4-6-23(18-24)7-5-17-54-40-36(51)35(50)34(49)31(22-46)56-40/h4-8,18,20,26-31,34-37,40,45-46,49-51H,9-17,19,21-22H2,1-3H3,(H,43,52)(H,44,47)/t28-,29+,30+,31+,34-,35-,36+,37-,40-/m0/s1. The fourth-order valence-electron chi connectivity index (χ4n) is 7.68. The van der Waals surface area contributed by atoms with Gasteiger partial charge in [0, 0.05) is 43.2 Å². The second-order valence-corrected chi connectivity index (χ2v) is 16.9. The molecule has 2 amide bonds. The van der Waals surface area contributed by atoms with E-state index in [0.29, 0.717) is 11.1 Å². The average molecular weight is 831 g/mol. The van der Waals surface area contributed by atoms with E-state index in [1.54, 1.807) is 63.3 Å². The van der Waals surface area contributed by atoms with Gasteiger partial charge in [-0.2, -0.15) is 0 Å². The summed E-state index contributed by atoms with van der Waals surface area (Å²) < 4.78 is 35.6. The fraction of sp³-hybridized carbons (Fsp3) is 0.667. The number of nitrogens with one attached hydrogen (secondary N) is 2. The molecule has 17 nitrogen and oxygen atoms in total. The highest BCUT2D eigenvalue weighted by Crippen LogP contribution is 2.59. The number of ether oxygens (including phenoxy) is 6. The van der Waals surface area contributed by atoms with E-state index in [2.05, 4.69) is 10.6 Å². The van der Waals surface area contributed by atoms with Gasteiger partial charge in [0.05, 0.1) is 31.4 Å². The third kappa shape index (κ3) is 11.5. The average Bonchev–Trinajstić information content (AvgIpc) is 4.15. The van der Waals surface area contributed by atoms with Crippen LogP contribution in [0.1, 0.15) is 88.1 Å². The lowest BCUT2D eigenvalue weighted by Crippen LogP contribution is -2.59. The molecule has 0 spiro atoms. The number of hydrogen-bond acceptors (Lipinski definition) is 15. The van der Waals surface area contributed by atoms with E-state index in [-0.39, 0.29) is 62.8 Å². The Hall–Kier alpha value is -3.78. The van der Waals surface area contributed by atoms with E-state index in [9.17, 15) is 44.7 Å². The highest BCUT2D eigenvalue weighted by molar-refractivity contribution is 5.94. The summed E-state index contributed by atoms with van der Waals surface area (Å²) in [5, 5.41) is 54.8. The molecule has 9 atom stereocenters. The van der Waals surface area contributed by atoms with Crippen LogP contribution in [0.25, 0.3) is 6.08 Å². The molecule has 2 heterocycles. The highest BCUT2D eigenvalue weighted by Gasteiger charge is 2.64. The van der Waals surface area contributed by atoms with Crippen LogP contribution in [0.4, 0.5) is 0 Å². The molecule has 1 aromatic carbocycles. The highest BCUT2D eigenvalue weighted by atomic mass is 16.8. The third-order valence-corrected chi connectivity index (χ3v) is 10.9. The maximum absolute atomic E-state index is 13.7. The molecule has 17 heteroatoms. The molecule has 326 valence electrons. The summed E-state index contributed by atoms with van der Waals surface area (Å²) >= 11 is 0. The van der Waals surface area contributed by atoms with Crippen LogP contribution in [0, 0.1) is 11.8 Å². The Morgan fingerprint density at radius 1 is 0.983 bits per heavy atom. The molecular formula is C42H58N2O15. The first-order valence-electron chi connectivity index (χ1n) is 20.5. The van der Waals surface area contributed by atoms with Crippen molar-refractivity contribution in [2.45, 2.75) is 139 Å². The summed E-state index contributed by atoms with van der Waals surface area (Å²) in [6.45, 7) is 4.24. The summed E-state index contributed by atoms with van der Waals surface area (Å²) in [5.74, 6) is -2.28. The largest absolute Gasteiger partial charge is 0.460 e. The first kappa shape index (κ1) is 44.8. The lowest BCUT2D eigenvalue weighted by molar-refractivity contribution is -0.298. The van der Waals surface area contributed by atoms with Crippen molar-refractivity contribution < 1.29 is 73.1 Å². The first-order chi connectivity index (χ1) is 28.1. The summed E-state index contributed by atoms with van der Waals surface area (Å²) in [7, 11) is 0. The summed E-state index contributed by atoms with van der Waals surface area (Å²) in [4.78, 5) is 52.0. The van der Waals surface area contributed by atoms with Crippen LogP contribution in [-0.2, 0) is 42.8 Å².